The Labute approximate surface area is 106 Å². The van der Waals surface area contributed by atoms with Gasteiger partial charge in [0.15, 0.2) is 0 Å². The highest BCUT2D eigenvalue weighted by molar-refractivity contribution is 5.35. The summed E-state index contributed by atoms with van der Waals surface area (Å²) in [7, 11) is 4.35. The lowest BCUT2D eigenvalue weighted by Crippen LogP contribution is -3.05. The van der Waals surface area contributed by atoms with Gasteiger partial charge < -0.3 is 9.64 Å². The van der Waals surface area contributed by atoms with Crippen molar-refractivity contribution < 1.29 is 9.64 Å². The van der Waals surface area contributed by atoms with Crippen molar-refractivity contribution in [1.82, 2.24) is 0 Å². The number of ether oxygens (including phenoxy) is 1. The molecule has 0 fully saturated rings. The zero-order valence-corrected chi connectivity index (χ0v) is 11.6. The molecule has 1 atom stereocenters. The summed E-state index contributed by atoms with van der Waals surface area (Å²) in [6.07, 6.45) is 2.26. The molecule has 96 valence electrons. The van der Waals surface area contributed by atoms with Crippen LogP contribution in [0.25, 0.3) is 0 Å². The Bertz CT molecular complexity index is 322. The standard InChI is InChI=1S/C15H25NO/c1-5-13(2)14-9-6-7-10-15(14)17-12-8-11-16(3)4/h6-7,9-10,13H,5,8,11-12H2,1-4H3/p+1/t13-/m0/s1. The molecule has 0 unspecified atom stereocenters. The number of hydrogen-bond acceptors (Lipinski definition) is 1. The molecule has 2 nitrogen and oxygen atoms in total. The molecule has 1 rings (SSSR count). The first-order chi connectivity index (χ1) is 8.15. The SMILES string of the molecule is CC[C@H](C)c1ccccc1OCCC[NH+](C)C. The van der Waals surface area contributed by atoms with Crippen LogP contribution in [-0.4, -0.2) is 27.2 Å². The summed E-state index contributed by atoms with van der Waals surface area (Å²) in [6.45, 7) is 6.45. The second-order valence-corrected chi connectivity index (χ2v) is 5.01. The van der Waals surface area contributed by atoms with Gasteiger partial charge in [-0.25, -0.2) is 0 Å². The van der Waals surface area contributed by atoms with Gasteiger partial charge in [-0.3, -0.25) is 0 Å². The van der Waals surface area contributed by atoms with Crippen LogP contribution in [0.4, 0.5) is 0 Å². The number of hydrogen-bond donors (Lipinski definition) is 1. The molecule has 0 bridgehead atoms. The molecule has 0 spiro atoms. The summed E-state index contributed by atoms with van der Waals surface area (Å²) in [5.41, 5.74) is 1.34. The Morgan fingerprint density at radius 1 is 1.24 bits per heavy atom. The fourth-order valence-electron chi connectivity index (χ4n) is 1.85. The van der Waals surface area contributed by atoms with Gasteiger partial charge in [-0.05, 0) is 24.0 Å². The van der Waals surface area contributed by atoms with Crippen molar-refractivity contribution in [3.05, 3.63) is 29.8 Å². The minimum atomic E-state index is 0.575. The smallest absolute Gasteiger partial charge is 0.122 e. The van der Waals surface area contributed by atoms with Crippen LogP contribution in [0.1, 0.15) is 38.2 Å². The molecule has 0 aliphatic heterocycles. The first-order valence-electron chi connectivity index (χ1n) is 6.66. The van der Waals surface area contributed by atoms with E-state index in [-0.39, 0.29) is 0 Å². The zero-order chi connectivity index (χ0) is 12.7. The first kappa shape index (κ1) is 14.0. The fraction of sp³-hybridized carbons (Fsp3) is 0.600. The maximum Gasteiger partial charge on any atom is 0.122 e. The van der Waals surface area contributed by atoms with Crippen LogP contribution >= 0.6 is 0 Å². The van der Waals surface area contributed by atoms with Gasteiger partial charge in [0, 0.05) is 6.42 Å². The van der Waals surface area contributed by atoms with E-state index in [4.69, 9.17) is 4.74 Å². The molecule has 0 aromatic heterocycles. The minimum Gasteiger partial charge on any atom is -0.493 e. The highest BCUT2D eigenvalue weighted by atomic mass is 16.5. The molecule has 0 aliphatic carbocycles. The summed E-state index contributed by atoms with van der Waals surface area (Å²) >= 11 is 0. The van der Waals surface area contributed by atoms with Crippen molar-refractivity contribution in [2.45, 2.75) is 32.6 Å². The lowest BCUT2D eigenvalue weighted by molar-refractivity contribution is -0.858. The molecule has 2 heteroatoms. The maximum absolute atomic E-state index is 5.90. The van der Waals surface area contributed by atoms with Gasteiger partial charge in [-0.1, -0.05) is 32.0 Å². The van der Waals surface area contributed by atoms with Crippen LogP contribution < -0.4 is 9.64 Å². The van der Waals surface area contributed by atoms with Crippen molar-refractivity contribution >= 4 is 0 Å². The molecule has 0 radical (unpaired) electrons. The third-order valence-electron chi connectivity index (χ3n) is 3.14. The lowest BCUT2D eigenvalue weighted by Gasteiger charge is -2.15. The van der Waals surface area contributed by atoms with Crippen molar-refractivity contribution in [3.8, 4) is 5.75 Å². The Morgan fingerprint density at radius 2 is 1.94 bits per heavy atom. The molecule has 0 heterocycles. The Kier molecular flexibility index (Phi) is 6.06. The number of rotatable bonds is 7. The Morgan fingerprint density at radius 3 is 2.59 bits per heavy atom. The number of benzene rings is 1. The minimum absolute atomic E-state index is 0.575. The van der Waals surface area contributed by atoms with E-state index in [0.717, 1.165) is 31.7 Å². The quantitative estimate of drug-likeness (QED) is 0.716. The van der Waals surface area contributed by atoms with Crippen LogP contribution in [0.5, 0.6) is 5.75 Å². The van der Waals surface area contributed by atoms with Crippen LogP contribution in [0, 0.1) is 0 Å². The predicted molar refractivity (Wildman–Crippen MR) is 72.9 cm³/mol. The van der Waals surface area contributed by atoms with Crippen LogP contribution in [0.15, 0.2) is 24.3 Å². The van der Waals surface area contributed by atoms with E-state index < -0.39 is 0 Å². The maximum atomic E-state index is 5.90. The first-order valence-corrected chi connectivity index (χ1v) is 6.66. The van der Waals surface area contributed by atoms with Gasteiger partial charge in [0.1, 0.15) is 5.75 Å². The van der Waals surface area contributed by atoms with Gasteiger partial charge >= 0.3 is 0 Å². The fourth-order valence-corrected chi connectivity index (χ4v) is 1.85. The van der Waals surface area contributed by atoms with Crippen molar-refractivity contribution in [1.29, 1.82) is 0 Å². The number of para-hydroxylation sites is 1. The van der Waals surface area contributed by atoms with Crippen molar-refractivity contribution in [3.63, 3.8) is 0 Å². The second kappa shape index (κ2) is 7.33. The van der Waals surface area contributed by atoms with E-state index in [2.05, 4.69) is 52.2 Å². The highest BCUT2D eigenvalue weighted by Crippen LogP contribution is 2.28. The van der Waals surface area contributed by atoms with E-state index in [0.29, 0.717) is 5.92 Å². The van der Waals surface area contributed by atoms with Gasteiger partial charge in [-0.2, -0.15) is 0 Å². The van der Waals surface area contributed by atoms with Gasteiger partial charge in [0.05, 0.1) is 27.2 Å². The average molecular weight is 236 g/mol. The van der Waals surface area contributed by atoms with Crippen molar-refractivity contribution in [2.24, 2.45) is 0 Å². The molecule has 1 aromatic carbocycles. The summed E-state index contributed by atoms with van der Waals surface area (Å²) < 4.78 is 5.90. The van der Waals surface area contributed by atoms with Crippen LogP contribution in [0.3, 0.4) is 0 Å². The molecular formula is C15H26NO+. The van der Waals surface area contributed by atoms with E-state index in [1.54, 1.807) is 0 Å². The molecule has 0 saturated carbocycles. The third-order valence-corrected chi connectivity index (χ3v) is 3.14. The molecular weight excluding hydrogens is 210 g/mol. The summed E-state index contributed by atoms with van der Waals surface area (Å²) in [4.78, 5) is 1.48. The normalized spacial score (nSPS) is 12.8. The van der Waals surface area contributed by atoms with E-state index in [1.165, 1.54) is 10.5 Å². The molecule has 0 aliphatic rings. The highest BCUT2D eigenvalue weighted by Gasteiger charge is 2.09. The second-order valence-electron chi connectivity index (χ2n) is 5.01. The summed E-state index contributed by atoms with van der Waals surface area (Å²) in [5.74, 6) is 1.64. The van der Waals surface area contributed by atoms with E-state index in [1.807, 2.05) is 0 Å². The summed E-state index contributed by atoms with van der Waals surface area (Å²) in [6, 6.07) is 8.42. The lowest BCUT2D eigenvalue weighted by atomic mass is 9.98. The van der Waals surface area contributed by atoms with E-state index >= 15 is 0 Å². The number of nitrogens with one attached hydrogen (secondary N) is 1. The third kappa shape index (κ3) is 4.78. The van der Waals surface area contributed by atoms with Gasteiger partial charge in [-0.15, -0.1) is 0 Å². The van der Waals surface area contributed by atoms with Crippen molar-refractivity contribution in [2.75, 3.05) is 27.2 Å². The topological polar surface area (TPSA) is 13.7 Å². The van der Waals surface area contributed by atoms with E-state index in [9.17, 15) is 0 Å². The van der Waals surface area contributed by atoms with Gasteiger partial charge in [0.2, 0.25) is 0 Å². The Balaban J connectivity index is 2.52. The summed E-state index contributed by atoms with van der Waals surface area (Å²) in [5, 5.41) is 0. The van der Waals surface area contributed by atoms with Crippen LogP contribution in [0.2, 0.25) is 0 Å². The molecule has 17 heavy (non-hydrogen) atoms. The number of quaternary nitrogens is 1. The zero-order valence-electron chi connectivity index (χ0n) is 11.6. The monoisotopic (exact) mass is 236 g/mol. The largest absolute Gasteiger partial charge is 0.493 e. The Hall–Kier alpha value is -1.02. The predicted octanol–water partition coefficient (Wildman–Crippen LogP) is 2.11. The molecule has 1 N–H and O–H groups in total. The molecule has 1 aromatic rings. The van der Waals surface area contributed by atoms with Crippen LogP contribution in [-0.2, 0) is 0 Å². The van der Waals surface area contributed by atoms with Gasteiger partial charge in [0.25, 0.3) is 0 Å². The molecule has 0 saturated heterocycles. The average Bonchev–Trinajstić information content (AvgIpc) is 2.34. The molecule has 0 amide bonds.